The maximum atomic E-state index is 13.5. The standard InChI is InChI=1S/C27H31ClN2O3S2/c1-20(2)23-8-12-25(13-9-23)30(35(32,33)26-14-4-21(3)5-15-26)18-27(31)29-16-17-34-19-22-6-10-24(28)11-7-22/h4-15,20H,16-19H2,1-3H3,(H,29,31). The van der Waals surface area contributed by atoms with Gasteiger partial charge in [0.2, 0.25) is 5.91 Å². The van der Waals surface area contributed by atoms with Crippen molar-refractivity contribution in [2.75, 3.05) is 23.1 Å². The van der Waals surface area contributed by atoms with E-state index in [1.807, 2.05) is 43.3 Å². The van der Waals surface area contributed by atoms with Gasteiger partial charge < -0.3 is 5.32 Å². The van der Waals surface area contributed by atoms with E-state index >= 15 is 0 Å². The van der Waals surface area contributed by atoms with Crippen LogP contribution < -0.4 is 9.62 Å². The van der Waals surface area contributed by atoms with Gasteiger partial charge in [-0.15, -0.1) is 0 Å². The molecule has 0 aromatic heterocycles. The minimum atomic E-state index is -3.92. The van der Waals surface area contributed by atoms with E-state index in [4.69, 9.17) is 11.6 Å². The van der Waals surface area contributed by atoms with Gasteiger partial charge in [-0.1, -0.05) is 67.4 Å². The number of carbonyl (C=O) groups excluding carboxylic acids is 1. The second kappa shape index (κ2) is 12.5. The highest BCUT2D eigenvalue weighted by atomic mass is 35.5. The third-order valence-corrected chi connectivity index (χ3v) is 8.56. The first-order chi connectivity index (χ1) is 16.7. The van der Waals surface area contributed by atoms with Crippen molar-refractivity contribution in [1.29, 1.82) is 0 Å². The highest BCUT2D eigenvalue weighted by Gasteiger charge is 2.27. The molecule has 3 rings (SSSR count). The van der Waals surface area contributed by atoms with Crippen molar-refractivity contribution in [2.45, 2.75) is 37.3 Å². The van der Waals surface area contributed by atoms with Crippen LogP contribution in [0.25, 0.3) is 0 Å². The molecular weight excluding hydrogens is 500 g/mol. The maximum Gasteiger partial charge on any atom is 0.264 e. The second-order valence-electron chi connectivity index (χ2n) is 8.60. The molecule has 186 valence electrons. The number of aryl methyl sites for hydroxylation is 1. The van der Waals surface area contributed by atoms with Gasteiger partial charge in [-0.25, -0.2) is 8.42 Å². The second-order valence-corrected chi connectivity index (χ2v) is 12.0. The van der Waals surface area contributed by atoms with E-state index < -0.39 is 10.0 Å². The number of nitrogens with one attached hydrogen (secondary N) is 1. The first kappa shape index (κ1) is 27.1. The third-order valence-electron chi connectivity index (χ3n) is 5.49. The first-order valence-corrected chi connectivity index (χ1v) is 14.4. The molecule has 0 spiro atoms. The average molecular weight is 531 g/mol. The van der Waals surface area contributed by atoms with Gasteiger partial charge in [0.05, 0.1) is 10.6 Å². The minimum absolute atomic E-state index is 0.155. The number of anilines is 1. The molecule has 0 aliphatic heterocycles. The largest absolute Gasteiger partial charge is 0.354 e. The monoisotopic (exact) mass is 530 g/mol. The van der Waals surface area contributed by atoms with Crippen molar-refractivity contribution < 1.29 is 13.2 Å². The summed E-state index contributed by atoms with van der Waals surface area (Å²) in [5.41, 5.74) is 3.68. The van der Waals surface area contributed by atoms with E-state index in [0.717, 1.165) is 22.4 Å². The average Bonchev–Trinajstić information content (AvgIpc) is 2.83. The van der Waals surface area contributed by atoms with Crippen LogP contribution in [0.2, 0.25) is 5.02 Å². The van der Waals surface area contributed by atoms with Gasteiger partial charge in [0.1, 0.15) is 6.54 Å². The van der Waals surface area contributed by atoms with E-state index in [-0.39, 0.29) is 17.3 Å². The lowest BCUT2D eigenvalue weighted by Gasteiger charge is -2.24. The lowest BCUT2D eigenvalue weighted by Crippen LogP contribution is -2.41. The Balaban J connectivity index is 1.67. The number of rotatable bonds is 11. The fraction of sp³-hybridized carbons (Fsp3) is 0.296. The van der Waals surface area contributed by atoms with Crippen molar-refractivity contribution >= 4 is 45.0 Å². The predicted octanol–water partition coefficient (Wildman–Crippen LogP) is 6.02. The zero-order valence-electron chi connectivity index (χ0n) is 20.2. The first-order valence-electron chi connectivity index (χ1n) is 11.4. The Morgan fingerprint density at radius 1 is 0.971 bits per heavy atom. The van der Waals surface area contributed by atoms with Gasteiger partial charge in [-0.05, 0) is 60.4 Å². The summed E-state index contributed by atoms with van der Waals surface area (Å²) in [6, 6.07) is 21.7. The summed E-state index contributed by atoms with van der Waals surface area (Å²) in [6.07, 6.45) is 0. The third kappa shape index (κ3) is 7.75. The molecule has 35 heavy (non-hydrogen) atoms. The van der Waals surface area contributed by atoms with E-state index in [9.17, 15) is 13.2 Å². The molecule has 3 aromatic rings. The number of thioether (sulfide) groups is 1. The highest BCUT2D eigenvalue weighted by molar-refractivity contribution is 7.98. The molecule has 0 aliphatic carbocycles. The Hall–Kier alpha value is -2.48. The smallest absolute Gasteiger partial charge is 0.264 e. The molecule has 0 heterocycles. The molecule has 0 bridgehead atoms. The van der Waals surface area contributed by atoms with Crippen molar-refractivity contribution in [3.63, 3.8) is 0 Å². The van der Waals surface area contributed by atoms with Crippen molar-refractivity contribution in [3.8, 4) is 0 Å². The Labute approximate surface area is 217 Å². The molecule has 1 amide bonds. The van der Waals surface area contributed by atoms with E-state index in [2.05, 4.69) is 19.2 Å². The number of hydrogen-bond acceptors (Lipinski definition) is 4. The summed E-state index contributed by atoms with van der Waals surface area (Å²) < 4.78 is 28.2. The van der Waals surface area contributed by atoms with Crippen LogP contribution in [0.3, 0.4) is 0 Å². The van der Waals surface area contributed by atoms with E-state index in [0.29, 0.717) is 28.9 Å². The van der Waals surface area contributed by atoms with Gasteiger partial charge >= 0.3 is 0 Å². The fourth-order valence-electron chi connectivity index (χ4n) is 3.40. The van der Waals surface area contributed by atoms with Crippen molar-refractivity contribution in [1.82, 2.24) is 5.32 Å². The normalized spacial score (nSPS) is 11.5. The van der Waals surface area contributed by atoms with Gasteiger partial charge in [-0.2, -0.15) is 11.8 Å². The molecule has 0 saturated heterocycles. The molecule has 5 nitrogen and oxygen atoms in total. The Bertz CT molecular complexity index is 1210. The molecule has 0 atom stereocenters. The number of nitrogens with zero attached hydrogens (tertiary/aromatic N) is 1. The SMILES string of the molecule is Cc1ccc(S(=O)(=O)N(CC(=O)NCCSCc2ccc(Cl)cc2)c2ccc(C(C)C)cc2)cc1. The van der Waals surface area contributed by atoms with Gasteiger partial charge in [0, 0.05) is 23.1 Å². The Kier molecular flexibility index (Phi) is 9.66. The van der Waals surface area contributed by atoms with Crippen molar-refractivity contribution in [3.05, 3.63) is 94.5 Å². The Morgan fingerprint density at radius 2 is 1.60 bits per heavy atom. The van der Waals surface area contributed by atoms with Crippen molar-refractivity contribution in [2.24, 2.45) is 0 Å². The van der Waals surface area contributed by atoms with Crippen LogP contribution in [0.1, 0.15) is 36.5 Å². The van der Waals surface area contributed by atoms with Crippen LogP contribution in [0.4, 0.5) is 5.69 Å². The lowest BCUT2D eigenvalue weighted by molar-refractivity contribution is -0.119. The molecule has 0 saturated carbocycles. The number of sulfonamides is 1. The molecule has 0 unspecified atom stereocenters. The summed E-state index contributed by atoms with van der Waals surface area (Å²) in [6.45, 7) is 6.21. The minimum Gasteiger partial charge on any atom is -0.354 e. The molecule has 3 aromatic carbocycles. The molecule has 0 fully saturated rings. The van der Waals surface area contributed by atoms with Crippen LogP contribution >= 0.6 is 23.4 Å². The molecule has 0 aliphatic rings. The summed E-state index contributed by atoms with van der Waals surface area (Å²) >= 11 is 7.60. The maximum absolute atomic E-state index is 13.5. The number of benzene rings is 3. The van der Waals surface area contributed by atoms with Crippen LogP contribution in [-0.2, 0) is 20.6 Å². The fourth-order valence-corrected chi connectivity index (χ4v) is 5.76. The van der Waals surface area contributed by atoms with E-state index in [1.54, 1.807) is 48.2 Å². The van der Waals surface area contributed by atoms with E-state index in [1.165, 1.54) is 4.31 Å². The van der Waals surface area contributed by atoms with Crippen LogP contribution in [0.15, 0.2) is 77.7 Å². The summed E-state index contributed by atoms with van der Waals surface area (Å²) in [5, 5.41) is 3.56. The van der Waals surface area contributed by atoms with Gasteiger partial charge in [0.25, 0.3) is 10.0 Å². The van der Waals surface area contributed by atoms with Crippen LogP contribution in [-0.4, -0.2) is 33.2 Å². The zero-order chi connectivity index (χ0) is 25.4. The molecule has 8 heteroatoms. The van der Waals surface area contributed by atoms with Gasteiger partial charge in [-0.3, -0.25) is 9.10 Å². The Morgan fingerprint density at radius 3 is 2.20 bits per heavy atom. The summed E-state index contributed by atoms with van der Waals surface area (Å²) in [4.78, 5) is 12.9. The zero-order valence-corrected chi connectivity index (χ0v) is 22.6. The van der Waals surface area contributed by atoms with Gasteiger partial charge in [0.15, 0.2) is 0 Å². The topological polar surface area (TPSA) is 66.5 Å². The highest BCUT2D eigenvalue weighted by Crippen LogP contribution is 2.26. The molecule has 0 radical (unpaired) electrons. The molecule has 1 N–H and O–H groups in total. The quantitative estimate of drug-likeness (QED) is 0.308. The number of hydrogen-bond donors (Lipinski definition) is 1. The lowest BCUT2D eigenvalue weighted by atomic mass is 10.0. The number of carbonyl (C=O) groups is 1. The van der Waals surface area contributed by atoms with Crippen LogP contribution in [0, 0.1) is 6.92 Å². The number of halogens is 1. The molecular formula is C27H31ClN2O3S2. The van der Waals surface area contributed by atoms with Crippen LogP contribution in [0.5, 0.6) is 0 Å². The number of amides is 1. The predicted molar refractivity (Wildman–Crippen MR) is 147 cm³/mol. The summed E-state index contributed by atoms with van der Waals surface area (Å²) in [5.74, 6) is 1.49. The summed E-state index contributed by atoms with van der Waals surface area (Å²) in [7, 11) is -3.92.